The molecule has 1 aromatic heterocycles. The van der Waals surface area contributed by atoms with Crippen LogP contribution >= 0.6 is 11.6 Å². The van der Waals surface area contributed by atoms with E-state index >= 15 is 0 Å². The molecule has 3 rings (SSSR count). The van der Waals surface area contributed by atoms with Gasteiger partial charge in [0.1, 0.15) is 6.10 Å². The van der Waals surface area contributed by atoms with E-state index in [-0.39, 0.29) is 6.61 Å². The van der Waals surface area contributed by atoms with Gasteiger partial charge >= 0.3 is 0 Å². The average molecular weight is 236 g/mol. The third-order valence-electron chi connectivity index (χ3n) is 2.80. The van der Waals surface area contributed by atoms with Gasteiger partial charge in [0.2, 0.25) is 0 Å². The lowest BCUT2D eigenvalue weighted by Crippen LogP contribution is -2.47. The largest absolute Gasteiger partial charge is 0.370 e. The fourth-order valence-corrected chi connectivity index (χ4v) is 2.22. The molecule has 0 aliphatic carbocycles. The minimum absolute atomic E-state index is 0.155. The lowest BCUT2D eigenvalue weighted by molar-refractivity contribution is -0.192. The SMILES string of the molecule is OC1(Cl)COC1c1cccc2cccnc12. The smallest absolute Gasteiger partial charge is 0.192 e. The van der Waals surface area contributed by atoms with Crippen LogP contribution in [0.1, 0.15) is 11.7 Å². The van der Waals surface area contributed by atoms with Gasteiger partial charge in [-0.25, -0.2) is 0 Å². The highest BCUT2D eigenvalue weighted by molar-refractivity contribution is 6.23. The van der Waals surface area contributed by atoms with Crippen molar-refractivity contribution in [3.8, 4) is 0 Å². The van der Waals surface area contributed by atoms with Gasteiger partial charge in [0, 0.05) is 17.1 Å². The maximum atomic E-state index is 9.80. The molecule has 1 fully saturated rings. The van der Waals surface area contributed by atoms with Crippen molar-refractivity contribution in [3.05, 3.63) is 42.1 Å². The van der Waals surface area contributed by atoms with Crippen molar-refractivity contribution in [3.63, 3.8) is 0 Å². The summed E-state index contributed by atoms with van der Waals surface area (Å²) in [5, 5.41) is 9.52. The first-order chi connectivity index (χ1) is 7.68. The fourth-order valence-electron chi connectivity index (χ4n) is 1.97. The van der Waals surface area contributed by atoms with E-state index in [1.54, 1.807) is 6.20 Å². The summed E-state index contributed by atoms with van der Waals surface area (Å²) in [6.45, 7) is 0.155. The molecule has 2 unspecified atom stereocenters. The summed E-state index contributed by atoms with van der Waals surface area (Å²) >= 11 is 5.91. The van der Waals surface area contributed by atoms with Crippen molar-refractivity contribution in [1.29, 1.82) is 0 Å². The Balaban J connectivity index is 2.17. The molecule has 4 heteroatoms. The molecule has 0 amide bonds. The highest BCUT2D eigenvalue weighted by Crippen LogP contribution is 2.43. The molecular weight excluding hydrogens is 226 g/mol. The van der Waals surface area contributed by atoms with Crippen LogP contribution in [-0.2, 0) is 4.74 Å². The van der Waals surface area contributed by atoms with Crippen LogP contribution < -0.4 is 0 Å². The van der Waals surface area contributed by atoms with Gasteiger partial charge in [-0.15, -0.1) is 0 Å². The molecule has 1 aliphatic rings. The van der Waals surface area contributed by atoms with Crippen molar-refractivity contribution in [2.75, 3.05) is 6.61 Å². The summed E-state index contributed by atoms with van der Waals surface area (Å²) in [6.07, 6.45) is 1.23. The molecule has 1 saturated heterocycles. The van der Waals surface area contributed by atoms with Crippen molar-refractivity contribution < 1.29 is 9.84 Å². The van der Waals surface area contributed by atoms with E-state index in [1.165, 1.54) is 0 Å². The summed E-state index contributed by atoms with van der Waals surface area (Å²) in [4.78, 5) is 4.30. The molecular formula is C12H10ClNO2. The van der Waals surface area contributed by atoms with Gasteiger partial charge in [-0.2, -0.15) is 0 Å². The van der Waals surface area contributed by atoms with Gasteiger partial charge in [0.25, 0.3) is 0 Å². The second-order valence-corrected chi connectivity index (χ2v) is 4.59. The Kier molecular flexibility index (Phi) is 2.14. The highest BCUT2D eigenvalue weighted by Gasteiger charge is 2.47. The third kappa shape index (κ3) is 1.40. The van der Waals surface area contributed by atoms with Gasteiger partial charge in [0.05, 0.1) is 12.1 Å². The van der Waals surface area contributed by atoms with E-state index in [4.69, 9.17) is 16.3 Å². The fraction of sp³-hybridized carbons (Fsp3) is 0.250. The van der Waals surface area contributed by atoms with E-state index in [1.807, 2.05) is 30.3 Å². The summed E-state index contributed by atoms with van der Waals surface area (Å²) in [5.74, 6) is 0. The molecule has 2 atom stereocenters. The first-order valence-corrected chi connectivity index (χ1v) is 5.43. The Hall–Kier alpha value is -1.16. The predicted molar refractivity (Wildman–Crippen MR) is 61.2 cm³/mol. The minimum Gasteiger partial charge on any atom is -0.370 e. The zero-order valence-electron chi connectivity index (χ0n) is 8.43. The molecule has 0 radical (unpaired) electrons. The van der Waals surface area contributed by atoms with Gasteiger partial charge in [-0.3, -0.25) is 4.98 Å². The van der Waals surface area contributed by atoms with Gasteiger partial charge in [0.15, 0.2) is 5.06 Å². The van der Waals surface area contributed by atoms with Crippen molar-refractivity contribution in [2.45, 2.75) is 11.2 Å². The molecule has 1 N–H and O–H groups in total. The normalized spacial score (nSPS) is 29.0. The number of benzene rings is 1. The summed E-state index contributed by atoms with van der Waals surface area (Å²) < 4.78 is 5.32. The van der Waals surface area contributed by atoms with Crippen LogP contribution in [0, 0.1) is 0 Å². The molecule has 2 heterocycles. The topological polar surface area (TPSA) is 42.4 Å². The molecule has 0 saturated carbocycles. The standard InChI is InChI=1S/C12H10ClNO2/c13-12(15)7-16-11(12)9-5-1-3-8-4-2-6-14-10(8)9/h1-6,11,15H,7H2. The summed E-state index contributed by atoms with van der Waals surface area (Å²) in [6, 6.07) is 9.61. The van der Waals surface area contributed by atoms with Crippen LogP contribution in [0.15, 0.2) is 36.5 Å². The van der Waals surface area contributed by atoms with Gasteiger partial charge in [-0.05, 0) is 6.07 Å². The second kappa shape index (κ2) is 3.42. The van der Waals surface area contributed by atoms with Crippen LogP contribution in [0.5, 0.6) is 0 Å². The molecule has 2 aromatic rings. The predicted octanol–water partition coefficient (Wildman–Crippen LogP) is 2.23. The molecule has 16 heavy (non-hydrogen) atoms. The second-order valence-electron chi connectivity index (χ2n) is 3.93. The summed E-state index contributed by atoms with van der Waals surface area (Å²) in [7, 11) is 0. The molecule has 3 nitrogen and oxygen atoms in total. The van der Waals surface area contributed by atoms with Crippen molar-refractivity contribution >= 4 is 22.5 Å². The molecule has 1 aromatic carbocycles. The Morgan fingerprint density at radius 2 is 2.19 bits per heavy atom. The number of rotatable bonds is 1. The highest BCUT2D eigenvalue weighted by atomic mass is 35.5. The van der Waals surface area contributed by atoms with Crippen LogP contribution in [0.3, 0.4) is 0 Å². The number of hydrogen-bond acceptors (Lipinski definition) is 3. The Labute approximate surface area is 97.6 Å². The van der Waals surface area contributed by atoms with E-state index in [0.717, 1.165) is 16.5 Å². The van der Waals surface area contributed by atoms with Crippen LogP contribution in [0.4, 0.5) is 0 Å². The van der Waals surface area contributed by atoms with Crippen LogP contribution in [0.2, 0.25) is 0 Å². The number of aliphatic hydroxyl groups is 1. The Morgan fingerprint density at radius 3 is 2.88 bits per heavy atom. The van der Waals surface area contributed by atoms with Crippen LogP contribution in [-0.4, -0.2) is 21.8 Å². The molecule has 0 bridgehead atoms. The number of hydrogen-bond donors (Lipinski definition) is 1. The number of nitrogens with zero attached hydrogens (tertiary/aromatic N) is 1. The third-order valence-corrected chi connectivity index (χ3v) is 3.11. The quantitative estimate of drug-likeness (QED) is 0.771. The number of ether oxygens (including phenoxy) is 1. The maximum absolute atomic E-state index is 9.80. The lowest BCUT2D eigenvalue weighted by atomic mass is 9.97. The van der Waals surface area contributed by atoms with E-state index < -0.39 is 11.2 Å². The first-order valence-electron chi connectivity index (χ1n) is 5.05. The molecule has 0 spiro atoms. The lowest BCUT2D eigenvalue weighted by Gasteiger charge is -2.40. The van der Waals surface area contributed by atoms with E-state index in [2.05, 4.69) is 4.98 Å². The number of alkyl halides is 1. The number of fused-ring (bicyclic) bond motifs is 1. The van der Waals surface area contributed by atoms with E-state index in [9.17, 15) is 5.11 Å². The Bertz CT molecular complexity index is 536. The van der Waals surface area contributed by atoms with Gasteiger partial charge < -0.3 is 9.84 Å². The van der Waals surface area contributed by atoms with Gasteiger partial charge in [-0.1, -0.05) is 35.9 Å². The summed E-state index contributed by atoms with van der Waals surface area (Å²) in [5.41, 5.74) is 1.66. The monoisotopic (exact) mass is 235 g/mol. The number of pyridine rings is 1. The maximum Gasteiger partial charge on any atom is 0.192 e. The number of aromatic nitrogens is 1. The van der Waals surface area contributed by atoms with Crippen LogP contribution in [0.25, 0.3) is 10.9 Å². The zero-order chi connectivity index (χ0) is 11.2. The van der Waals surface area contributed by atoms with E-state index in [0.29, 0.717) is 0 Å². The van der Waals surface area contributed by atoms with Crippen molar-refractivity contribution in [2.24, 2.45) is 0 Å². The first kappa shape index (κ1) is 10.0. The number of para-hydroxylation sites is 1. The molecule has 1 aliphatic heterocycles. The number of halogens is 1. The van der Waals surface area contributed by atoms with Crippen molar-refractivity contribution in [1.82, 2.24) is 4.98 Å². The zero-order valence-corrected chi connectivity index (χ0v) is 9.19. The minimum atomic E-state index is -1.30. The average Bonchev–Trinajstić information content (AvgIpc) is 2.28. The molecule has 82 valence electrons. The Morgan fingerprint density at radius 1 is 1.38 bits per heavy atom.